The first kappa shape index (κ1) is 9.37. The number of hydrogen-bond donors (Lipinski definition) is 0. The molecule has 0 saturated carbocycles. The summed E-state index contributed by atoms with van der Waals surface area (Å²) in [6, 6.07) is 0. The minimum absolute atomic E-state index is 0.237. The van der Waals surface area contributed by atoms with E-state index in [0.29, 0.717) is 0 Å². The maximum Gasteiger partial charge on any atom is 0.137 e. The van der Waals surface area contributed by atoms with Crippen LogP contribution >= 0.6 is 0 Å². The maximum atomic E-state index is 5.89. The van der Waals surface area contributed by atoms with Gasteiger partial charge in [0, 0.05) is 13.1 Å². The molecule has 15 heavy (non-hydrogen) atoms. The summed E-state index contributed by atoms with van der Waals surface area (Å²) in [5.41, 5.74) is 2.90. The molecule has 3 aliphatic rings. The Labute approximate surface area is 90.9 Å². The van der Waals surface area contributed by atoms with Gasteiger partial charge in [0.15, 0.2) is 0 Å². The highest BCUT2D eigenvalue weighted by atomic mass is 16.5. The van der Waals surface area contributed by atoms with E-state index < -0.39 is 0 Å². The molecule has 2 nitrogen and oxygen atoms in total. The van der Waals surface area contributed by atoms with E-state index in [0.717, 1.165) is 19.6 Å². The Kier molecular flexibility index (Phi) is 2.47. The third-order valence-electron chi connectivity index (χ3n) is 3.41. The van der Waals surface area contributed by atoms with Crippen molar-refractivity contribution in [1.82, 2.24) is 4.90 Å². The van der Waals surface area contributed by atoms with Gasteiger partial charge in [0.25, 0.3) is 0 Å². The summed E-state index contributed by atoms with van der Waals surface area (Å²) in [5, 5.41) is 0. The van der Waals surface area contributed by atoms with Crippen molar-refractivity contribution in [3.63, 3.8) is 0 Å². The van der Waals surface area contributed by atoms with Crippen LogP contribution in [-0.4, -0.2) is 30.8 Å². The van der Waals surface area contributed by atoms with Crippen molar-refractivity contribution in [2.24, 2.45) is 0 Å². The van der Waals surface area contributed by atoms with E-state index >= 15 is 0 Å². The van der Waals surface area contributed by atoms with Gasteiger partial charge >= 0.3 is 0 Å². The third kappa shape index (κ3) is 1.68. The van der Waals surface area contributed by atoms with Gasteiger partial charge < -0.3 is 4.74 Å². The Morgan fingerprint density at radius 1 is 1.33 bits per heavy atom. The summed E-state index contributed by atoms with van der Waals surface area (Å²) >= 11 is 0. The van der Waals surface area contributed by atoms with Gasteiger partial charge in [0.05, 0.1) is 6.61 Å². The lowest BCUT2D eigenvalue weighted by Crippen LogP contribution is -2.47. The van der Waals surface area contributed by atoms with Crippen LogP contribution in [0.4, 0.5) is 0 Å². The van der Waals surface area contributed by atoms with Crippen molar-refractivity contribution in [3.8, 4) is 0 Å². The van der Waals surface area contributed by atoms with E-state index in [1.807, 2.05) is 0 Å². The van der Waals surface area contributed by atoms with Gasteiger partial charge in [-0.15, -0.1) is 0 Å². The normalized spacial score (nSPS) is 31.1. The minimum Gasteiger partial charge on any atom is -0.359 e. The van der Waals surface area contributed by atoms with E-state index in [4.69, 9.17) is 4.74 Å². The fraction of sp³-hybridized carbons (Fsp3) is 0.538. The Balaban J connectivity index is 1.92. The lowest BCUT2D eigenvalue weighted by molar-refractivity contribution is -0.0769. The van der Waals surface area contributed by atoms with E-state index in [1.165, 1.54) is 30.5 Å². The van der Waals surface area contributed by atoms with Crippen LogP contribution in [-0.2, 0) is 4.74 Å². The molecule has 2 fully saturated rings. The van der Waals surface area contributed by atoms with E-state index in [-0.39, 0.29) is 6.23 Å². The standard InChI is InChI=1S/C13H17NO/c1-2-5-11-7-9-14-8-4-10-15-13(14)12(11)6-3-1/h1,3,5-6,13H,2,4,7-10H2. The minimum atomic E-state index is 0.237. The molecule has 1 aliphatic carbocycles. The monoisotopic (exact) mass is 203 g/mol. The molecule has 3 rings (SSSR count). The number of hydrogen-bond acceptors (Lipinski definition) is 2. The Hall–Kier alpha value is -0.860. The lowest BCUT2D eigenvalue weighted by atomic mass is 9.94. The molecule has 2 heterocycles. The fourth-order valence-electron chi connectivity index (χ4n) is 2.64. The quantitative estimate of drug-likeness (QED) is 0.598. The molecule has 2 saturated heterocycles. The molecule has 0 spiro atoms. The second-order valence-electron chi connectivity index (χ2n) is 4.38. The Morgan fingerprint density at radius 2 is 2.33 bits per heavy atom. The van der Waals surface area contributed by atoms with Gasteiger partial charge in [-0.25, -0.2) is 0 Å². The van der Waals surface area contributed by atoms with Crippen LogP contribution in [0.25, 0.3) is 0 Å². The van der Waals surface area contributed by atoms with E-state index in [9.17, 15) is 0 Å². The summed E-state index contributed by atoms with van der Waals surface area (Å²) in [5.74, 6) is 0. The molecule has 0 radical (unpaired) electrons. The van der Waals surface area contributed by atoms with Crippen molar-refractivity contribution in [2.75, 3.05) is 19.7 Å². The molecule has 80 valence electrons. The van der Waals surface area contributed by atoms with E-state index in [1.54, 1.807) is 0 Å². The first-order chi connectivity index (χ1) is 7.45. The predicted molar refractivity (Wildman–Crippen MR) is 60.5 cm³/mol. The topological polar surface area (TPSA) is 12.5 Å². The molecule has 0 aromatic rings. The zero-order chi connectivity index (χ0) is 10.1. The van der Waals surface area contributed by atoms with Crippen LogP contribution in [0.3, 0.4) is 0 Å². The van der Waals surface area contributed by atoms with E-state index in [2.05, 4.69) is 29.2 Å². The number of fused-ring (bicyclic) bond motifs is 3. The highest BCUT2D eigenvalue weighted by Gasteiger charge is 2.31. The molecule has 0 N–H and O–H groups in total. The fourth-order valence-corrected chi connectivity index (χ4v) is 2.64. The van der Waals surface area contributed by atoms with Crippen LogP contribution in [0.5, 0.6) is 0 Å². The average molecular weight is 203 g/mol. The molecule has 2 heteroatoms. The van der Waals surface area contributed by atoms with Crippen LogP contribution < -0.4 is 0 Å². The van der Waals surface area contributed by atoms with Crippen molar-refractivity contribution >= 4 is 0 Å². The van der Waals surface area contributed by atoms with Crippen molar-refractivity contribution in [2.45, 2.75) is 25.5 Å². The van der Waals surface area contributed by atoms with Crippen molar-refractivity contribution in [3.05, 3.63) is 35.5 Å². The van der Waals surface area contributed by atoms with Gasteiger partial charge in [-0.2, -0.15) is 0 Å². The first-order valence-corrected chi connectivity index (χ1v) is 5.87. The molecular formula is C13H17NO. The maximum absolute atomic E-state index is 5.89. The summed E-state index contributed by atoms with van der Waals surface area (Å²) < 4.78 is 5.89. The molecule has 0 amide bonds. The van der Waals surface area contributed by atoms with Gasteiger partial charge in [-0.3, -0.25) is 4.90 Å². The third-order valence-corrected chi connectivity index (χ3v) is 3.41. The molecule has 0 aromatic heterocycles. The molecule has 0 aromatic carbocycles. The largest absolute Gasteiger partial charge is 0.359 e. The zero-order valence-electron chi connectivity index (χ0n) is 8.98. The van der Waals surface area contributed by atoms with Crippen molar-refractivity contribution < 1.29 is 4.74 Å². The number of rotatable bonds is 0. The van der Waals surface area contributed by atoms with Crippen LogP contribution in [0.2, 0.25) is 0 Å². The second kappa shape index (κ2) is 3.95. The number of nitrogens with zero attached hydrogens (tertiary/aromatic N) is 1. The van der Waals surface area contributed by atoms with Crippen LogP contribution in [0.1, 0.15) is 19.3 Å². The average Bonchev–Trinajstić information content (AvgIpc) is 2.54. The molecule has 2 aliphatic heterocycles. The van der Waals surface area contributed by atoms with Gasteiger partial charge in [-0.1, -0.05) is 24.3 Å². The summed E-state index contributed by atoms with van der Waals surface area (Å²) in [7, 11) is 0. The molecule has 1 unspecified atom stereocenters. The van der Waals surface area contributed by atoms with Gasteiger partial charge in [0.2, 0.25) is 0 Å². The second-order valence-corrected chi connectivity index (χ2v) is 4.38. The Morgan fingerprint density at radius 3 is 3.33 bits per heavy atom. The summed E-state index contributed by atoms with van der Waals surface area (Å²) in [6.45, 7) is 3.27. The van der Waals surface area contributed by atoms with Crippen LogP contribution in [0, 0.1) is 0 Å². The molecule has 1 atom stereocenters. The summed E-state index contributed by atoms with van der Waals surface area (Å²) in [6.07, 6.45) is 12.6. The predicted octanol–water partition coefficient (Wildman–Crippen LogP) is 2.25. The number of ether oxygens (including phenoxy) is 1. The van der Waals surface area contributed by atoms with Crippen molar-refractivity contribution in [1.29, 1.82) is 0 Å². The highest BCUT2D eigenvalue weighted by molar-refractivity contribution is 5.41. The van der Waals surface area contributed by atoms with Crippen LogP contribution in [0.15, 0.2) is 35.5 Å². The van der Waals surface area contributed by atoms with Gasteiger partial charge in [0.1, 0.15) is 6.23 Å². The SMILES string of the molecule is C1=CCC=C2CCN3CCCOC3C2=C1. The van der Waals surface area contributed by atoms with Gasteiger partial charge in [-0.05, 0) is 30.4 Å². The number of piperidine rings is 1. The highest BCUT2D eigenvalue weighted by Crippen LogP contribution is 2.32. The summed E-state index contributed by atoms with van der Waals surface area (Å²) in [4.78, 5) is 2.46. The lowest BCUT2D eigenvalue weighted by Gasteiger charge is -2.41. The first-order valence-electron chi connectivity index (χ1n) is 5.87. The molecular weight excluding hydrogens is 186 g/mol. The smallest absolute Gasteiger partial charge is 0.137 e. The zero-order valence-corrected chi connectivity index (χ0v) is 8.98. The molecule has 0 bridgehead atoms. The Bertz CT molecular complexity index is 340. The number of allylic oxidation sites excluding steroid dienone is 4.